The lowest BCUT2D eigenvalue weighted by atomic mass is 10.2. The Morgan fingerprint density at radius 2 is 1.03 bits per heavy atom. The van der Waals surface area contributed by atoms with E-state index in [2.05, 4.69) is 52.5 Å². The third-order valence-corrected chi connectivity index (χ3v) is 8.46. The van der Waals surface area contributed by atoms with Crippen molar-refractivity contribution in [2.75, 3.05) is 10.6 Å². The lowest BCUT2D eigenvalue weighted by Crippen LogP contribution is -2.11. The van der Waals surface area contributed by atoms with Gasteiger partial charge in [0.05, 0.1) is 20.4 Å². The van der Waals surface area contributed by atoms with Gasteiger partial charge in [0.15, 0.2) is 10.3 Å². The SMILES string of the molecule is O=C(Nc1nc2ccc(Br)cc2s1)c1ccc(Oc2ccc(C(=O)Nc3nc4ccc(Br)cc4s3)cc2)cc1. The van der Waals surface area contributed by atoms with Crippen LogP contribution in [-0.2, 0) is 0 Å². The van der Waals surface area contributed by atoms with Gasteiger partial charge < -0.3 is 4.74 Å². The van der Waals surface area contributed by atoms with E-state index in [0.29, 0.717) is 32.9 Å². The average molecular weight is 680 g/mol. The molecule has 0 unspecified atom stereocenters. The number of rotatable bonds is 6. The van der Waals surface area contributed by atoms with Crippen LogP contribution in [0.25, 0.3) is 20.4 Å². The fraction of sp³-hybridized carbons (Fsp3) is 0. The van der Waals surface area contributed by atoms with Gasteiger partial charge in [-0.2, -0.15) is 0 Å². The predicted molar refractivity (Wildman–Crippen MR) is 164 cm³/mol. The van der Waals surface area contributed by atoms with Crippen molar-refractivity contribution in [2.45, 2.75) is 0 Å². The lowest BCUT2D eigenvalue weighted by molar-refractivity contribution is 0.101. The molecule has 0 saturated heterocycles. The maximum absolute atomic E-state index is 12.7. The first-order chi connectivity index (χ1) is 18.9. The van der Waals surface area contributed by atoms with Crippen molar-refractivity contribution in [3.05, 3.63) is 105 Å². The number of carbonyl (C=O) groups is 2. The third kappa shape index (κ3) is 5.86. The zero-order valence-electron chi connectivity index (χ0n) is 19.8. The Morgan fingerprint density at radius 1 is 0.615 bits per heavy atom. The van der Waals surface area contributed by atoms with E-state index in [0.717, 1.165) is 29.4 Å². The van der Waals surface area contributed by atoms with E-state index in [-0.39, 0.29) is 11.8 Å². The van der Waals surface area contributed by atoms with Crippen molar-refractivity contribution in [1.82, 2.24) is 9.97 Å². The number of hydrogen-bond donors (Lipinski definition) is 2. The van der Waals surface area contributed by atoms with E-state index < -0.39 is 0 Å². The normalized spacial score (nSPS) is 11.0. The highest BCUT2D eigenvalue weighted by Gasteiger charge is 2.12. The molecule has 2 aromatic heterocycles. The molecule has 192 valence electrons. The summed E-state index contributed by atoms with van der Waals surface area (Å²) in [6, 6.07) is 25.2. The second-order valence-electron chi connectivity index (χ2n) is 8.32. The summed E-state index contributed by atoms with van der Waals surface area (Å²) in [4.78, 5) is 34.3. The van der Waals surface area contributed by atoms with Gasteiger partial charge in [-0.1, -0.05) is 54.5 Å². The minimum atomic E-state index is -0.254. The van der Waals surface area contributed by atoms with Crippen LogP contribution >= 0.6 is 54.5 Å². The first kappa shape index (κ1) is 25.6. The fourth-order valence-corrected chi connectivity index (χ4v) is 6.55. The van der Waals surface area contributed by atoms with E-state index in [1.165, 1.54) is 22.7 Å². The van der Waals surface area contributed by atoms with Crippen LogP contribution in [-0.4, -0.2) is 21.8 Å². The number of amides is 2. The number of halogens is 2. The molecular formula is C28H16Br2N4O3S2. The van der Waals surface area contributed by atoms with Crippen LogP contribution < -0.4 is 15.4 Å². The molecule has 0 aliphatic heterocycles. The number of benzene rings is 4. The van der Waals surface area contributed by atoms with Gasteiger partial charge in [0.25, 0.3) is 11.8 Å². The molecule has 2 heterocycles. The Morgan fingerprint density at radius 3 is 1.44 bits per heavy atom. The highest BCUT2D eigenvalue weighted by molar-refractivity contribution is 9.10. The van der Waals surface area contributed by atoms with Gasteiger partial charge in [-0.25, -0.2) is 9.97 Å². The first-order valence-corrected chi connectivity index (χ1v) is 14.7. The molecule has 0 aliphatic rings. The fourth-order valence-electron chi connectivity index (χ4n) is 3.73. The topological polar surface area (TPSA) is 93.2 Å². The minimum Gasteiger partial charge on any atom is -0.457 e. The highest BCUT2D eigenvalue weighted by Crippen LogP contribution is 2.30. The quantitative estimate of drug-likeness (QED) is 0.184. The third-order valence-electron chi connectivity index (χ3n) is 5.61. The van der Waals surface area contributed by atoms with Crippen LogP contribution in [0.4, 0.5) is 10.3 Å². The van der Waals surface area contributed by atoms with E-state index >= 15 is 0 Å². The molecule has 0 atom stereocenters. The molecule has 39 heavy (non-hydrogen) atoms. The monoisotopic (exact) mass is 678 g/mol. The van der Waals surface area contributed by atoms with E-state index in [1.807, 2.05) is 36.4 Å². The van der Waals surface area contributed by atoms with Crippen molar-refractivity contribution in [3.63, 3.8) is 0 Å². The Bertz CT molecular complexity index is 1720. The number of nitrogens with zero attached hydrogens (tertiary/aromatic N) is 2. The zero-order chi connectivity index (χ0) is 26.9. The van der Waals surface area contributed by atoms with Gasteiger partial charge in [0.2, 0.25) is 0 Å². The zero-order valence-corrected chi connectivity index (χ0v) is 24.6. The van der Waals surface area contributed by atoms with Crippen molar-refractivity contribution < 1.29 is 14.3 Å². The molecule has 0 aliphatic carbocycles. The van der Waals surface area contributed by atoms with Crippen LogP contribution in [0.3, 0.4) is 0 Å². The summed E-state index contributed by atoms with van der Waals surface area (Å²) >= 11 is 9.72. The standard InChI is InChI=1S/C28H16Br2N4O3S2/c29-17-5-11-21-23(13-17)38-27(31-21)33-25(35)15-1-7-19(8-2-15)37-20-9-3-16(4-10-20)26(36)34-28-32-22-12-6-18(30)14-24(22)39-28/h1-14H,(H,31,33,35)(H,32,34,36). The van der Waals surface area contributed by atoms with Gasteiger partial charge in [0, 0.05) is 20.1 Å². The minimum absolute atomic E-state index is 0.254. The second-order valence-corrected chi connectivity index (χ2v) is 12.2. The van der Waals surface area contributed by atoms with Crippen LogP contribution in [0.15, 0.2) is 93.9 Å². The van der Waals surface area contributed by atoms with E-state index in [1.54, 1.807) is 48.5 Å². The molecule has 11 heteroatoms. The maximum atomic E-state index is 12.7. The summed E-state index contributed by atoms with van der Waals surface area (Å²) in [5.41, 5.74) is 2.63. The van der Waals surface area contributed by atoms with Crippen LogP contribution in [0.1, 0.15) is 20.7 Å². The molecular weight excluding hydrogens is 664 g/mol. The largest absolute Gasteiger partial charge is 0.457 e. The van der Waals surface area contributed by atoms with Gasteiger partial charge in [0.1, 0.15) is 11.5 Å². The summed E-state index contributed by atoms with van der Waals surface area (Å²) in [7, 11) is 0. The first-order valence-electron chi connectivity index (χ1n) is 11.5. The Labute approximate surface area is 247 Å². The average Bonchev–Trinajstić information content (AvgIpc) is 3.51. The molecule has 0 saturated carbocycles. The number of ether oxygens (including phenoxy) is 1. The molecule has 6 rings (SSSR count). The molecule has 7 nitrogen and oxygen atoms in total. The number of aromatic nitrogens is 2. The molecule has 0 fully saturated rings. The predicted octanol–water partition coefficient (Wildman–Crippen LogP) is 8.73. The van der Waals surface area contributed by atoms with Crippen LogP contribution in [0.5, 0.6) is 11.5 Å². The number of fused-ring (bicyclic) bond motifs is 2. The van der Waals surface area contributed by atoms with Gasteiger partial charge in [-0.15, -0.1) is 0 Å². The molecule has 2 amide bonds. The molecule has 0 radical (unpaired) electrons. The van der Waals surface area contributed by atoms with Crippen molar-refractivity contribution in [2.24, 2.45) is 0 Å². The van der Waals surface area contributed by atoms with Crippen LogP contribution in [0, 0.1) is 0 Å². The van der Waals surface area contributed by atoms with Crippen molar-refractivity contribution in [1.29, 1.82) is 0 Å². The Balaban J connectivity index is 1.07. The number of hydrogen-bond acceptors (Lipinski definition) is 7. The number of nitrogens with one attached hydrogen (secondary N) is 2. The summed E-state index contributed by atoms with van der Waals surface area (Å²) in [5, 5.41) is 6.77. The van der Waals surface area contributed by atoms with Gasteiger partial charge in [-0.05, 0) is 84.9 Å². The number of carbonyl (C=O) groups excluding carboxylic acids is 2. The molecule has 0 spiro atoms. The summed E-state index contributed by atoms with van der Waals surface area (Å²) < 4.78 is 9.78. The summed E-state index contributed by atoms with van der Waals surface area (Å²) in [6.45, 7) is 0. The summed E-state index contributed by atoms with van der Waals surface area (Å²) in [6.07, 6.45) is 0. The summed E-state index contributed by atoms with van der Waals surface area (Å²) in [5.74, 6) is 0.620. The molecule has 0 bridgehead atoms. The van der Waals surface area contributed by atoms with Crippen LogP contribution in [0.2, 0.25) is 0 Å². The Hall–Kier alpha value is -3.64. The second kappa shape index (κ2) is 10.9. The Kier molecular flexibility index (Phi) is 7.13. The maximum Gasteiger partial charge on any atom is 0.257 e. The number of thiazole rings is 2. The van der Waals surface area contributed by atoms with Gasteiger partial charge in [-0.3, -0.25) is 20.2 Å². The number of anilines is 2. The molecule has 6 aromatic rings. The smallest absolute Gasteiger partial charge is 0.257 e. The van der Waals surface area contributed by atoms with Gasteiger partial charge >= 0.3 is 0 Å². The highest BCUT2D eigenvalue weighted by atomic mass is 79.9. The van der Waals surface area contributed by atoms with E-state index in [4.69, 9.17) is 4.74 Å². The van der Waals surface area contributed by atoms with Crippen molar-refractivity contribution in [3.8, 4) is 11.5 Å². The van der Waals surface area contributed by atoms with E-state index in [9.17, 15) is 9.59 Å². The lowest BCUT2D eigenvalue weighted by Gasteiger charge is -2.08. The van der Waals surface area contributed by atoms with Crippen molar-refractivity contribution >= 4 is 97.0 Å². The molecule has 4 aromatic carbocycles. The molecule has 2 N–H and O–H groups in total.